The highest BCUT2D eigenvalue weighted by molar-refractivity contribution is 5.71. The van der Waals surface area contributed by atoms with Gasteiger partial charge in [-0.25, -0.2) is 0 Å². The molecule has 0 aliphatic carbocycles. The number of rotatable bonds is 50. The molecule has 6 heteroatoms. The second kappa shape index (κ2) is 54.5. The SMILES string of the molecule is CC\C=C/C=C\C=C/C=C\C=C/CCCCCC(=O)OC(COC(=O)CCCCCCCCC/C=C\CCCCCC)COC(=O)CCCCCCCCCCCCCCCCCCCC. The molecule has 0 aromatic carbocycles. The summed E-state index contributed by atoms with van der Waals surface area (Å²) in [6, 6.07) is 0. The van der Waals surface area contributed by atoms with Crippen LogP contribution < -0.4 is 0 Å². The monoisotopic (exact) mass is 921 g/mol. The fourth-order valence-corrected chi connectivity index (χ4v) is 7.87. The molecule has 0 saturated carbocycles. The smallest absolute Gasteiger partial charge is 0.306 e. The van der Waals surface area contributed by atoms with Crippen molar-refractivity contribution in [2.24, 2.45) is 0 Å². The van der Waals surface area contributed by atoms with Gasteiger partial charge in [-0.05, 0) is 64.2 Å². The van der Waals surface area contributed by atoms with E-state index < -0.39 is 6.10 Å². The Kier molecular flexibility index (Phi) is 51.9. The minimum atomic E-state index is -0.798. The third kappa shape index (κ3) is 51.8. The van der Waals surface area contributed by atoms with Gasteiger partial charge in [-0.3, -0.25) is 14.4 Å². The number of unbranched alkanes of at least 4 members (excludes halogenated alkanes) is 31. The Morgan fingerprint density at radius 2 is 0.606 bits per heavy atom. The number of carbonyl (C=O) groups is 3. The van der Waals surface area contributed by atoms with E-state index in [1.54, 1.807) is 0 Å². The number of hydrogen-bond acceptors (Lipinski definition) is 6. The van der Waals surface area contributed by atoms with Gasteiger partial charge in [-0.15, -0.1) is 0 Å². The molecule has 0 rings (SSSR count). The van der Waals surface area contributed by atoms with Crippen molar-refractivity contribution in [1.29, 1.82) is 0 Å². The van der Waals surface area contributed by atoms with Crippen molar-refractivity contribution in [2.45, 2.75) is 277 Å². The number of esters is 3. The van der Waals surface area contributed by atoms with E-state index in [2.05, 4.69) is 45.1 Å². The zero-order valence-corrected chi connectivity index (χ0v) is 43.4. The first-order chi connectivity index (χ1) is 32.5. The molecule has 0 heterocycles. The molecule has 0 saturated heterocycles. The van der Waals surface area contributed by atoms with Crippen LogP contribution in [0.3, 0.4) is 0 Å². The Morgan fingerprint density at radius 3 is 1.00 bits per heavy atom. The standard InChI is InChI=1S/C60H104O6/c1-4-7-10-13-16-19-22-25-28-29-30-33-35-38-41-44-47-50-53-59(62)65-56-57(66-60(63)54-51-48-45-42-39-36-32-27-24-21-18-15-12-9-6-3)55-64-58(61)52-49-46-43-40-37-34-31-26-23-20-17-14-11-8-5-2/h9,12,15,18,20-21,23-24,27,32,36,39,57H,4-8,10-11,13-14,16-17,19,22,25-26,28-31,33-35,37-38,40-56H2,1-3H3/b12-9-,18-15-,23-20-,24-21-,32-27-,39-36-. The summed E-state index contributed by atoms with van der Waals surface area (Å²) < 4.78 is 16.8. The van der Waals surface area contributed by atoms with Crippen LogP contribution in [-0.4, -0.2) is 37.2 Å². The van der Waals surface area contributed by atoms with E-state index in [4.69, 9.17) is 14.2 Å². The van der Waals surface area contributed by atoms with Crippen molar-refractivity contribution in [3.8, 4) is 0 Å². The molecule has 0 radical (unpaired) electrons. The maximum absolute atomic E-state index is 12.8. The summed E-state index contributed by atoms with van der Waals surface area (Å²) in [6.45, 7) is 6.47. The van der Waals surface area contributed by atoms with Gasteiger partial charge in [0.25, 0.3) is 0 Å². The number of hydrogen-bond donors (Lipinski definition) is 0. The van der Waals surface area contributed by atoms with Crippen LogP contribution in [0.25, 0.3) is 0 Å². The summed E-state index contributed by atoms with van der Waals surface area (Å²) >= 11 is 0. The topological polar surface area (TPSA) is 78.9 Å². The molecule has 0 aliphatic heterocycles. The second-order valence-electron chi connectivity index (χ2n) is 18.6. The molecule has 0 spiro atoms. The van der Waals surface area contributed by atoms with Crippen molar-refractivity contribution in [2.75, 3.05) is 13.2 Å². The molecular weight excluding hydrogens is 817 g/mol. The van der Waals surface area contributed by atoms with E-state index in [-0.39, 0.29) is 37.5 Å². The van der Waals surface area contributed by atoms with Crippen LogP contribution in [0.5, 0.6) is 0 Å². The summed E-state index contributed by atoms with van der Waals surface area (Å²) in [4.78, 5) is 38.1. The van der Waals surface area contributed by atoms with Crippen molar-refractivity contribution in [3.05, 3.63) is 72.9 Å². The maximum Gasteiger partial charge on any atom is 0.306 e. The highest BCUT2D eigenvalue weighted by Gasteiger charge is 2.19. The quantitative estimate of drug-likeness (QED) is 0.0199. The van der Waals surface area contributed by atoms with Gasteiger partial charge in [0.1, 0.15) is 13.2 Å². The van der Waals surface area contributed by atoms with Gasteiger partial charge < -0.3 is 14.2 Å². The minimum Gasteiger partial charge on any atom is -0.462 e. The highest BCUT2D eigenvalue weighted by Crippen LogP contribution is 2.16. The molecule has 0 N–H and O–H groups in total. The highest BCUT2D eigenvalue weighted by atomic mass is 16.6. The van der Waals surface area contributed by atoms with Crippen LogP contribution in [-0.2, 0) is 28.6 Å². The Bertz CT molecular complexity index is 1240. The average molecular weight is 921 g/mol. The number of carbonyl (C=O) groups excluding carboxylic acids is 3. The lowest BCUT2D eigenvalue weighted by Crippen LogP contribution is -2.30. The Balaban J connectivity index is 4.42. The molecule has 66 heavy (non-hydrogen) atoms. The van der Waals surface area contributed by atoms with E-state index in [1.807, 2.05) is 48.6 Å². The Morgan fingerprint density at radius 1 is 0.318 bits per heavy atom. The zero-order valence-electron chi connectivity index (χ0n) is 43.4. The molecule has 1 atom stereocenters. The first-order valence-electron chi connectivity index (χ1n) is 28.0. The number of allylic oxidation sites excluding steroid dienone is 12. The number of ether oxygens (including phenoxy) is 3. The van der Waals surface area contributed by atoms with Crippen LogP contribution in [0, 0.1) is 0 Å². The Labute approximate surface area is 408 Å². The van der Waals surface area contributed by atoms with Gasteiger partial charge >= 0.3 is 17.9 Å². The average Bonchev–Trinajstić information content (AvgIpc) is 3.31. The predicted molar refractivity (Wildman–Crippen MR) is 284 cm³/mol. The van der Waals surface area contributed by atoms with Crippen molar-refractivity contribution >= 4 is 17.9 Å². The fraction of sp³-hybridized carbons (Fsp3) is 0.750. The van der Waals surface area contributed by atoms with Crippen molar-refractivity contribution in [1.82, 2.24) is 0 Å². The molecule has 0 bridgehead atoms. The van der Waals surface area contributed by atoms with Gasteiger partial charge in [0.05, 0.1) is 0 Å². The molecule has 1 unspecified atom stereocenters. The minimum absolute atomic E-state index is 0.0919. The van der Waals surface area contributed by atoms with E-state index >= 15 is 0 Å². The van der Waals surface area contributed by atoms with Gasteiger partial charge in [0.15, 0.2) is 6.10 Å². The van der Waals surface area contributed by atoms with Crippen molar-refractivity contribution in [3.63, 3.8) is 0 Å². The van der Waals surface area contributed by atoms with Crippen LogP contribution in [0.1, 0.15) is 271 Å². The van der Waals surface area contributed by atoms with Gasteiger partial charge in [0, 0.05) is 19.3 Å². The summed E-state index contributed by atoms with van der Waals surface area (Å²) in [5, 5.41) is 0. The first-order valence-corrected chi connectivity index (χ1v) is 28.0. The van der Waals surface area contributed by atoms with Gasteiger partial charge in [-0.1, -0.05) is 261 Å². The Hall–Kier alpha value is -3.15. The fourth-order valence-electron chi connectivity index (χ4n) is 7.87. The summed E-state index contributed by atoms with van der Waals surface area (Å²) in [5.41, 5.74) is 0. The van der Waals surface area contributed by atoms with E-state index in [0.717, 1.165) is 64.2 Å². The van der Waals surface area contributed by atoms with E-state index in [9.17, 15) is 14.4 Å². The maximum atomic E-state index is 12.8. The molecule has 0 aromatic rings. The lowest BCUT2D eigenvalue weighted by atomic mass is 10.0. The van der Waals surface area contributed by atoms with Gasteiger partial charge in [-0.2, -0.15) is 0 Å². The van der Waals surface area contributed by atoms with Crippen LogP contribution in [0.2, 0.25) is 0 Å². The molecule has 0 amide bonds. The summed E-state index contributed by atoms with van der Waals surface area (Å²) in [7, 11) is 0. The van der Waals surface area contributed by atoms with E-state index in [0.29, 0.717) is 19.3 Å². The van der Waals surface area contributed by atoms with Crippen molar-refractivity contribution < 1.29 is 28.6 Å². The largest absolute Gasteiger partial charge is 0.462 e. The van der Waals surface area contributed by atoms with Crippen LogP contribution >= 0.6 is 0 Å². The zero-order chi connectivity index (χ0) is 47.9. The first kappa shape index (κ1) is 62.8. The molecular formula is C60H104O6. The molecule has 0 aromatic heterocycles. The molecule has 6 nitrogen and oxygen atoms in total. The normalized spacial score (nSPS) is 12.6. The summed E-state index contributed by atoms with van der Waals surface area (Å²) in [6.07, 6.45) is 68.9. The van der Waals surface area contributed by atoms with Crippen LogP contribution in [0.4, 0.5) is 0 Å². The third-order valence-electron chi connectivity index (χ3n) is 12.1. The molecule has 0 fully saturated rings. The third-order valence-corrected chi connectivity index (χ3v) is 12.1. The van der Waals surface area contributed by atoms with Gasteiger partial charge in [0.2, 0.25) is 0 Å². The summed E-state index contributed by atoms with van der Waals surface area (Å²) in [5.74, 6) is -0.930. The second-order valence-corrected chi connectivity index (χ2v) is 18.6. The lowest BCUT2D eigenvalue weighted by molar-refractivity contribution is -0.167. The molecule has 380 valence electrons. The molecule has 0 aliphatic rings. The predicted octanol–water partition coefficient (Wildman–Crippen LogP) is 18.6. The van der Waals surface area contributed by atoms with E-state index in [1.165, 1.54) is 161 Å². The lowest BCUT2D eigenvalue weighted by Gasteiger charge is -2.18. The van der Waals surface area contributed by atoms with Crippen LogP contribution in [0.15, 0.2) is 72.9 Å².